The highest BCUT2D eigenvalue weighted by Gasteiger charge is 2.35. The van der Waals surface area contributed by atoms with Crippen LogP contribution in [-0.2, 0) is 25.7 Å². The van der Waals surface area contributed by atoms with E-state index in [9.17, 15) is 28.2 Å². The lowest BCUT2D eigenvalue weighted by molar-refractivity contribution is -0.145. The zero-order valence-electron chi connectivity index (χ0n) is 12.4. The van der Waals surface area contributed by atoms with Crippen molar-refractivity contribution in [1.29, 1.82) is 0 Å². The fourth-order valence-electron chi connectivity index (χ4n) is 2.68. The molecule has 2 heterocycles. The van der Waals surface area contributed by atoms with Crippen LogP contribution < -0.4 is 5.56 Å². The largest absolute Gasteiger partial charge is 0.504 e. The van der Waals surface area contributed by atoms with Crippen molar-refractivity contribution in [3.05, 3.63) is 51.2 Å². The summed E-state index contributed by atoms with van der Waals surface area (Å²) >= 11 is 0. The van der Waals surface area contributed by atoms with Crippen molar-refractivity contribution in [2.24, 2.45) is 0 Å². The number of hydrogen-bond acceptors (Lipinski definition) is 5. The smallest absolute Gasteiger partial charge is 0.449 e. The molecule has 0 bridgehead atoms. The molecule has 0 unspecified atom stereocenters. The molecule has 0 saturated carbocycles. The Hall–Kier alpha value is -2.55. The van der Waals surface area contributed by atoms with Crippen LogP contribution >= 0.6 is 0 Å². The van der Waals surface area contributed by atoms with Crippen molar-refractivity contribution >= 4 is 0 Å². The Balaban J connectivity index is 1.82. The van der Waals surface area contributed by atoms with E-state index in [-0.39, 0.29) is 35.7 Å². The van der Waals surface area contributed by atoms with Gasteiger partial charge in [0.1, 0.15) is 0 Å². The Morgan fingerprint density at radius 1 is 1.25 bits per heavy atom. The van der Waals surface area contributed by atoms with E-state index in [1.807, 2.05) is 4.90 Å². The van der Waals surface area contributed by atoms with E-state index in [2.05, 4.69) is 4.98 Å². The lowest BCUT2D eigenvalue weighted by atomic mass is 10.1. The number of aromatic nitrogens is 2. The van der Waals surface area contributed by atoms with Crippen LogP contribution in [0, 0.1) is 0 Å². The third kappa shape index (κ3) is 3.21. The molecule has 0 aliphatic carbocycles. The minimum absolute atomic E-state index is 0.163. The Labute approximate surface area is 134 Å². The molecule has 0 spiro atoms. The van der Waals surface area contributed by atoms with E-state index in [4.69, 9.17) is 0 Å². The molecule has 0 saturated heterocycles. The maximum Gasteiger partial charge on any atom is 0.449 e. The third-order valence-electron chi connectivity index (χ3n) is 3.86. The molecule has 0 radical (unpaired) electrons. The van der Waals surface area contributed by atoms with Crippen LogP contribution in [-0.4, -0.2) is 31.6 Å². The molecule has 1 aromatic heterocycles. The normalized spacial score (nSPS) is 15.3. The van der Waals surface area contributed by atoms with Gasteiger partial charge in [0.05, 0.1) is 11.3 Å². The zero-order chi connectivity index (χ0) is 17.5. The van der Waals surface area contributed by atoms with Crippen molar-refractivity contribution < 1.29 is 23.4 Å². The first-order chi connectivity index (χ1) is 11.2. The van der Waals surface area contributed by atoms with E-state index in [0.717, 1.165) is 0 Å². The maximum atomic E-state index is 12.7. The molecule has 1 aliphatic heterocycles. The Bertz CT molecular complexity index is 833. The topological polar surface area (TPSA) is 89.5 Å². The summed E-state index contributed by atoms with van der Waals surface area (Å²) in [5, 5.41) is 18.8. The van der Waals surface area contributed by atoms with E-state index in [1.165, 1.54) is 12.1 Å². The molecular weight excluding hydrogens is 327 g/mol. The number of rotatable bonds is 2. The second-order valence-electron chi connectivity index (χ2n) is 5.62. The average Bonchev–Trinajstić information content (AvgIpc) is 2.50. The van der Waals surface area contributed by atoms with Gasteiger partial charge in [-0.3, -0.25) is 9.69 Å². The standard InChI is InChI=1S/C15H14F3N3O3/c16-15(17,18)14-19-10-3-4-21(7-9(10)13(24)20-14)6-8-1-2-11(22)12(23)5-8/h1-2,5,22-23H,3-4,6-7H2,(H,19,20,24). The van der Waals surface area contributed by atoms with Gasteiger partial charge in [0.2, 0.25) is 5.82 Å². The molecule has 128 valence electrons. The minimum Gasteiger partial charge on any atom is -0.504 e. The van der Waals surface area contributed by atoms with Gasteiger partial charge in [0.15, 0.2) is 11.5 Å². The zero-order valence-corrected chi connectivity index (χ0v) is 12.4. The van der Waals surface area contributed by atoms with Crippen LogP contribution in [0.15, 0.2) is 23.0 Å². The second kappa shape index (κ2) is 5.82. The highest BCUT2D eigenvalue weighted by atomic mass is 19.4. The van der Waals surface area contributed by atoms with Crippen LogP contribution in [0.2, 0.25) is 0 Å². The first kappa shape index (κ1) is 16.3. The van der Waals surface area contributed by atoms with Crippen molar-refractivity contribution in [2.75, 3.05) is 6.54 Å². The van der Waals surface area contributed by atoms with E-state index >= 15 is 0 Å². The second-order valence-corrected chi connectivity index (χ2v) is 5.62. The van der Waals surface area contributed by atoms with Crippen LogP contribution in [0.3, 0.4) is 0 Å². The molecule has 0 fully saturated rings. The molecule has 9 heteroatoms. The molecular formula is C15H14F3N3O3. The number of aromatic hydroxyl groups is 2. The molecule has 0 atom stereocenters. The Morgan fingerprint density at radius 3 is 2.67 bits per heavy atom. The molecule has 24 heavy (non-hydrogen) atoms. The summed E-state index contributed by atoms with van der Waals surface area (Å²) in [6, 6.07) is 4.38. The van der Waals surface area contributed by atoms with E-state index in [0.29, 0.717) is 18.7 Å². The summed E-state index contributed by atoms with van der Waals surface area (Å²) < 4.78 is 38.1. The van der Waals surface area contributed by atoms with Gasteiger partial charge in [-0.15, -0.1) is 0 Å². The van der Waals surface area contributed by atoms with Crippen molar-refractivity contribution in [3.8, 4) is 11.5 Å². The summed E-state index contributed by atoms with van der Waals surface area (Å²) in [5.41, 5.74) is 0.309. The number of aromatic amines is 1. The lowest BCUT2D eigenvalue weighted by Gasteiger charge is -2.27. The van der Waals surface area contributed by atoms with E-state index in [1.54, 1.807) is 11.1 Å². The van der Waals surface area contributed by atoms with Crippen LogP contribution in [0.1, 0.15) is 22.6 Å². The van der Waals surface area contributed by atoms with Crippen molar-refractivity contribution in [3.63, 3.8) is 0 Å². The van der Waals surface area contributed by atoms with Gasteiger partial charge in [-0.25, -0.2) is 4.98 Å². The van der Waals surface area contributed by atoms with Gasteiger partial charge in [0.25, 0.3) is 5.56 Å². The number of nitrogens with one attached hydrogen (secondary N) is 1. The Kier molecular flexibility index (Phi) is 3.96. The molecule has 1 aliphatic rings. The van der Waals surface area contributed by atoms with Crippen LogP contribution in [0.4, 0.5) is 13.2 Å². The number of H-pyrrole nitrogens is 1. The first-order valence-electron chi connectivity index (χ1n) is 7.16. The van der Waals surface area contributed by atoms with Gasteiger partial charge >= 0.3 is 6.18 Å². The number of phenols is 2. The van der Waals surface area contributed by atoms with Gasteiger partial charge < -0.3 is 15.2 Å². The van der Waals surface area contributed by atoms with Gasteiger partial charge in [-0.1, -0.05) is 6.07 Å². The summed E-state index contributed by atoms with van der Waals surface area (Å²) in [7, 11) is 0. The summed E-state index contributed by atoms with van der Waals surface area (Å²) in [6.07, 6.45) is -4.46. The number of alkyl halides is 3. The number of fused-ring (bicyclic) bond motifs is 1. The van der Waals surface area contributed by atoms with Crippen LogP contribution in [0.25, 0.3) is 0 Å². The number of benzene rings is 1. The molecule has 0 amide bonds. The average molecular weight is 341 g/mol. The maximum absolute atomic E-state index is 12.7. The number of hydrogen-bond donors (Lipinski definition) is 3. The first-order valence-corrected chi connectivity index (χ1v) is 7.16. The molecule has 1 aromatic carbocycles. The predicted molar refractivity (Wildman–Crippen MR) is 77.4 cm³/mol. The minimum atomic E-state index is -4.69. The predicted octanol–water partition coefficient (Wildman–Crippen LogP) is 1.76. The van der Waals surface area contributed by atoms with E-state index < -0.39 is 17.6 Å². The fraction of sp³-hybridized carbons (Fsp3) is 0.333. The number of phenolic OH excluding ortho intramolecular Hbond substituents is 2. The summed E-state index contributed by atoms with van der Waals surface area (Å²) in [4.78, 5) is 19.1. The fourth-order valence-corrected chi connectivity index (χ4v) is 2.68. The number of halogens is 3. The van der Waals surface area contributed by atoms with Gasteiger partial charge in [-0.05, 0) is 17.7 Å². The lowest BCUT2D eigenvalue weighted by Crippen LogP contribution is -2.36. The quantitative estimate of drug-likeness (QED) is 0.724. The molecule has 6 nitrogen and oxygen atoms in total. The van der Waals surface area contributed by atoms with Gasteiger partial charge in [-0.2, -0.15) is 13.2 Å². The third-order valence-corrected chi connectivity index (χ3v) is 3.86. The molecule has 3 N–H and O–H groups in total. The SMILES string of the molecule is O=c1[nH]c(C(F)(F)F)nc2c1CN(Cc1ccc(O)c(O)c1)CC2. The van der Waals surface area contributed by atoms with Gasteiger partial charge in [0, 0.05) is 26.1 Å². The Morgan fingerprint density at radius 2 is 2.00 bits per heavy atom. The number of nitrogens with zero attached hydrogens (tertiary/aromatic N) is 2. The molecule has 2 aromatic rings. The van der Waals surface area contributed by atoms with Crippen molar-refractivity contribution in [2.45, 2.75) is 25.7 Å². The summed E-state index contributed by atoms with van der Waals surface area (Å²) in [5.74, 6) is -1.76. The highest BCUT2D eigenvalue weighted by molar-refractivity contribution is 5.40. The van der Waals surface area contributed by atoms with Crippen molar-refractivity contribution in [1.82, 2.24) is 14.9 Å². The van der Waals surface area contributed by atoms with Crippen LogP contribution in [0.5, 0.6) is 11.5 Å². The summed E-state index contributed by atoms with van der Waals surface area (Å²) in [6.45, 7) is 0.980. The monoisotopic (exact) mass is 341 g/mol. The highest BCUT2D eigenvalue weighted by Crippen LogP contribution is 2.28. The molecule has 3 rings (SSSR count).